The SMILES string of the molecule is CC1(C)c2ccccc2-c2ccc(-c3nc(-c4ccccc4)nc(-c4cccc(-n5c6ccccc6c6c7cccc8c7n(c65)-c5ccccc5S8)c4)n3)cc21. The Bertz CT molecular complexity index is 3260. The molecule has 7 aromatic carbocycles. The number of hydrogen-bond donors (Lipinski definition) is 0. The van der Waals surface area contributed by atoms with E-state index in [0.29, 0.717) is 17.5 Å². The van der Waals surface area contributed by atoms with Crippen molar-refractivity contribution in [3.63, 3.8) is 0 Å². The van der Waals surface area contributed by atoms with Gasteiger partial charge < -0.3 is 0 Å². The van der Waals surface area contributed by atoms with Crippen LogP contribution < -0.4 is 0 Å². The van der Waals surface area contributed by atoms with E-state index in [1.54, 1.807) is 0 Å². The van der Waals surface area contributed by atoms with Crippen molar-refractivity contribution in [1.29, 1.82) is 0 Å². The third-order valence-electron chi connectivity index (χ3n) is 11.8. The standard InChI is InChI=1S/C50H33N5S/c1-50(2)38-21-8-6-18-34(38)35-27-26-32(29-39(35)50)48-52-46(30-14-4-3-5-15-30)51-47(53-48)31-16-12-17-33(28-31)54-40-22-9-7-19-36(40)44-37-20-13-25-43-45(37)55(49(44)54)41-23-10-11-24-42(41)56-43/h3-29H,1-2H3. The molecule has 56 heavy (non-hydrogen) atoms. The van der Waals surface area contributed by atoms with Gasteiger partial charge in [-0.15, -0.1) is 0 Å². The molecule has 0 spiro atoms. The van der Waals surface area contributed by atoms with Crippen molar-refractivity contribution < 1.29 is 0 Å². The van der Waals surface area contributed by atoms with Crippen LogP contribution >= 0.6 is 11.8 Å². The fraction of sp³-hybridized carbons (Fsp3) is 0.0600. The minimum absolute atomic E-state index is 0.137. The zero-order valence-electron chi connectivity index (χ0n) is 30.7. The molecule has 0 fully saturated rings. The number of fused-ring (bicyclic) bond motifs is 10. The van der Waals surface area contributed by atoms with Gasteiger partial charge in [0.25, 0.3) is 0 Å². The summed E-state index contributed by atoms with van der Waals surface area (Å²) in [4.78, 5) is 18.1. The van der Waals surface area contributed by atoms with Crippen LogP contribution in [0, 0.1) is 0 Å². The molecule has 0 atom stereocenters. The molecule has 0 saturated heterocycles. The maximum atomic E-state index is 5.25. The van der Waals surface area contributed by atoms with Crippen LogP contribution in [0.25, 0.3) is 89.5 Å². The van der Waals surface area contributed by atoms with Crippen LogP contribution in [0.5, 0.6) is 0 Å². The summed E-state index contributed by atoms with van der Waals surface area (Å²) in [7, 11) is 0. The molecule has 0 bridgehead atoms. The molecule has 0 radical (unpaired) electrons. The lowest BCUT2D eigenvalue weighted by Crippen LogP contribution is -2.15. The normalized spacial score (nSPS) is 13.6. The molecule has 0 saturated carbocycles. The van der Waals surface area contributed by atoms with E-state index in [1.807, 2.05) is 30.0 Å². The number of para-hydroxylation sites is 3. The third-order valence-corrected chi connectivity index (χ3v) is 12.9. The van der Waals surface area contributed by atoms with Crippen molar-refractivity contribution in [2.45, 2.75) is 29.1 Å². The summed E-state index contributed by atoms with van der Waals surface area (Å²) in [6.07, 6.45) is 0. The van der Waals surface area contributed by atoms with Gasteiger partial charge in [0.2, 0.25) is 0 Å². The van der Waals surface area contributed by atoms with Crippen LogP contribution in [0.4, 0.5) is 0 Å². The first-order valence-corrected chi connectivity index (χ1v) is 19.9. The van der Waals surface area contributed by atoms with E-state index >= 15 is 0 Å². The summed E-state index contributed by atoms with van der Waals surface area (Å²) in [6.45, 7) is 4.62. The first kappa shape index (κ1) is 31.6. The summed E-state index contributed by atoms with van der Waals surface area (Å²) >= 11 is 1.85. The van der Waals surface area contributed by atoms with Gasteiger partial charge in [0.15, 0.2) is 17.5 Å². The topological polar surface area (TPSA) is 48.5 Å². The van der Waals surface area contributed by atoms with Gasteiger partial charge in [-0.2, -0.15) is 0 Å². The minimum Gasteiger partial charge on any atom is -0.295 e. The molecule has 0 N–H and O–H groups in total. The average molecular weight is 736 g/mol. The number of hydrogen-bond acceptors (Lipinski definition) is 4. The molecule has 12 rings (SSSR count). The monoisotopic (exact) mass is 735 g/mol. The van der Waals surface area contributed by atoms with Crippen LogP contribution in [0.3, 0.4) is 0 Å². The summed E-state index contributed by atoms with van der Waals surface area (Å²) in [5, 5.41) is 3.75. The van der Waals surface area contributed by atoms with E-state index in [0.717, 1.165) is 33.5 Å². The number of nitrogens with zero attached hydrogens (tertiary/aromatic N) is 5. The highest BCUT2D eigenvalue weighted by Gasteiger charge is 2.35. The highest BCUT2D eigenvalue weighted by atomic mass is 32.2. The lowest BCUT2D eigenvalue weighted by atomic mass is 9.82. The second-order valence-electron chi connectivity index (χ2n) is 15.3. The maximum Gasteiger partial charge on any atom is 0.164 e. The summed E-state index contributed by atoms with van der Waals surface area (Å²) in [5.41, 5.74) is 13.7. The van der Waals surface area contributed by atoms with E-state index in [4.69, 9.17) is 15.0 Å². The summed E-state index contributed by atoms with van der Waals surface area (Å²) < 4.78 is 4.89. The zero-order valence-corrected chi connectivity index (χ0v) is 31.5. The molecule has 10 aromatic rings. The molecular formula is C50H33N5S. The van der Waals surface area contributed by atoms with Crippen LogP contribution in [-0.4, -0.2) is 24.1 Å². The van der Waals surface area contributed by atoms with Gasteiger partial charge in [-0.3, -0.25) is 9.13 Å². The summed E-state index contributed by atoms with van der Waals surface area (Å²) in [5.74, 6) is 1.94. The van der Waals surface area contributed by atoms with Gasteiger partial charge in [0.1, 0.15) is 5.65 Å². The van der Waals surface area contributed by atoms with E-state index < -0.39 is 0 Å². The number of benzene rings is 7. The predicted molar refractivity (Wildman–Crippen MR) is 229 cm³/mol. The fourth-order valence-corrected chi connectivity index (χ4v) is 10.3. The van der Waals surface area contributed by atoms with Crippen molar-refractivity contribution in [3.8, 4) is 56.7 Å². The Morgan fingerprint density at radius 3 is 2.00 bits per heavy atom. The lowest BCUT2D eigenvalue weighted by Gasteiger charge is -2.21. The van der Waals surface area contributed by atoms with Crippen LogP contribution in [0.15, 0.2) is 174 Å². The minimum atomic E-state index is -0.137. The Labute approximate surface area is 328 Å². The first-order chi connectivity index (χ1) is 27.5. The van der Waals surface area contributed by atoms with Gasteiger partial charge in [-0.25, -0.2) is 15.0 Å². The Hall–Kier alpha value is -6.76. The van der Waals surface area contributed by atoms with Gasteiger partial charge >= 0.3 is 0 Å². The van der Waals surface area contributed by atoms with E-state index in [1.165, 1.54) is 59.4 Å². The molecule has 0 amide bonds. The Morgan fingerprint density at radius 1 is 0.482 bits per heavy atom. The van der Waals surface area contributed by atoms with E-state index in [-0.39, 0.29) is 5.41 Å². The quantitative estimate of drug-likeness (QED) is 0.181. The molecular weight excluding hydrogens is 703 g/mol. The number of aromatic nitrogens is 5. The molecule has 1 aliphatic carbocycles. The molecule has 4 heterocycles. The second-order valence-corrected chi connectivity index (χ2v) is 16.3. The molecule has 5 nitrogen and oxygen atoms in total. The smallest absolute Gasteiger partial charge is 0.164 e. The molecule has 1 aliphatic heterocycles. The molecule has 2 aliphatic rings. The third kappa shape index (κ3) is 4.42. The Morgan fingerprint density at radius 2 is 1.12 bits per heavy atom. The average Bonchev–Trinajstić information content (AvgIpc) is 3.85. The maximum absolute atomic E-state index is 5.25. The van der Waals surface area contributed by atoms with Crippen molar-refractivity contribution in [2.24, 2.45) is 0 Å². The van der Waals surface area contributed by atoms with Gasteiger partial charge in [-0.1, -0.05) is 147 Å². The van der Waals surface area contributed by atoms with Gasteiger partial charge in [0, 0.05) is 53.7 Å². The van der Waals surface area contributed by atoms with Crippen molar-refractivity contribution in [2.75, 3.05) is 0 Å². The van der Waals surface area contributed by atoms with Crippen LogP contribution in [0.2, 0.25) is 0 Å². The zero-order chi connectivity index (χ0) is 37.1. The Balaban J connectivity index is 1.08. The molecule has 0 unspecified atom stereocenters. The van der Waals surface area contributed by atoms with E-state index in [2.05, 4.69) is 169 Å². The highest BCUT2D eigenvalue weighted by Crippen LogP contribution is 2.51. The first-order valence-electron chi connectivity index (χ1n) is 19.0. The fourth-order valence-electron chi connectivity index (χ4n) is 9.17. The van der Waals surface area contributed by atoms with E-state index in [9.17, 15) is 0 Å². The largest absolute Gasteiger partial charge is 0.295 e. The molecule has 3 aromatic heterocycles. The molecule has 6 heteroatoms. The summed E-state index contributed by atoms with van der Waals surface area (Å²) in [6, 6.07) is 58.6. The van der Waals surface area contributed by atoms with Crippen LogP contribution in [-0.2, 0) is 5.41 Å². The van der Waals surface area contributed by atoms with Crippen LogP contribution in [0.1, 0.15) is 25.0 Å². The van der Waals surface area contributed by atoms with Gasteiger partial charge in [-0.05, 0) is 64.7 Å². The van der Waals surface area contributed by atoms with Crippen molar-refractivity contribution in [1.82, 2.24) is 24.1 Å². The molecule has 264 valence electrons. The Kier molecular flexibility index (Phi) is 6.55. The number of rotatable bonds is 4. The van der Waals surface area contributed by atoms with Crippen molar-refractivity contribution >= 4 is 44.6 Å². The highest BCUT2D eigenvalue weighted by molar-refractivity contribution is 7.99. The lowest BCUT2D eigenvalue weighted by molar-refractivity contribution is 0.660. The predicted octanol–water partition coefficient (Wildman–Crippen LogP) is 12.7. The second kappa shape index (κ2) is 11.6. The van der Waals surface area contributed by atoms with Crippen molar-refractivity contribution in [3.05, 3.63) is 175 Å². The van der Waals surface area contributed by atoms with Gasteiger partial charge in [0.05, 0.1) is 16.7 Å².